The molecule has 0 amide bonds. The van der Waals surface area contributed by atoms with Crippen LogP contribution in [-0.2, 0) is 0 Å². The number of hydrogen-bond acceptors (Lipinski definition) is 4. The van der Waals surface area contributed by atoms with Crippen molar-refractivity contribution in [3.63, 3.8) is 0 Å². The number of nitrogens with zero attached hydrogens (tertiary/aromatic N) is 3. The van der Waals surface area contributed by atoms with E-state index in [-0.39, 0.29) is 0 Å². The number of aromatic nitrogens is 3. The van der Waals surface area contributed by atoms with Crippen molar-refractivity contribution in [3.8, 4) is 44.9 Å². The van der Waals surface area contributed by atoms with Crippen molar-refractivity contribution >= 4 is 65.4 Å². The molecule has 246 valence electrons. The molecular weight excluding hydrogens is 647 g/mol. The number of pyridine rings is 3. The van der Waals surface area contributed by atoms with E-state index in [1.165, 1.54) is 0 Å². The summed E-state index contributed by atoms with van der Waals surface area (Å²) >= 11 is 0. The molecule has 4 nitrogen and oxygen atoms in total. The molecule has 4 aromatic heterocycles. The van der Waals surface area contributed by atoms with E-state index in [0.717, 1.165) is 110 Å². The number of benzene rings is 7. The van der Waals surface area contributed by atoms with E-state index in [2.05, 4.69) is 140 Å². The minimum absolute atomic E-state index is 0.845. The summed E-state index contributed by atoms with van der Waals surface area (Å²) in [6, 6.07) is 61.3. The number of rotatable bonds is 4. The second-order valence-corrected chi connectivity index (χ2v) is 13.5. The van der Waals surface area contributed by atoms with Gasteiger partial charge in [-0.05, 0) is 35.9 Å². The lowest BCUT2D eigenvalue weighted by Gasteiger charge is -2.16. The molecule has 0 N–H and O–H groups in total. The largest absolute Gasteiger partial charge is 0.456 e. The molecule has 0 atom stereocenters. The fourth-order valence-electron chi connectivity index (χ4n) is 7.93. The average molecular weight is 676 g/mol. The average Bonchev–Trinajstić information content (AvgIpc) is 3.61. The zero-order chi connectivity index (χ0) is 34.9. The first kappa shape index (κ1) is 29.5. The third-order valence-corrected chi connectivity index (χ3v) is 10.4. The maximum atomic E-state index is 6.59. The van der Waals surface area contributed by atoms with Gasteiger partial charge in [-0.2, -0.15) is 0 Å². The van der Waals surface area contributed by atoms with E-state index in [4.69, 9.17) is 19.4 Å². The Bertz CT molecular complexity index is 3200. The highest BCUT2D eigenvalue weighted by molar-refractivity contribution is 6.27. The Morgan fingerprint density at radius 1 is 0.358 bits per heavy atom. The van der Waals surface area contributed by atoms with Crippen LogP contribution < -0.4 is 0 Å². The van der Waals surface area contributed by atoms with Crippen LogP contribution in [-0.4, -0.2) is 15.0 Å². The number of para-hydroxylation sites is 2. The quantitative estimate of drug-likeness (QED) is 0.174. The Labute approximate surface area is 304 Å². The molecule has 11 aromatic rings. The molecule has 0 fully saturated rings. The molecule has 0 aliphatic heterocycles. The van der Waals surface area contributed by atoms with Gasteiger partial charge >= 0.3 is 0 Å². The second kappa shape index (κ2) is 11.7. The predicted octanol–water partition coefficient (Wildman–Crippen LogP) is 13.1. The molecule has 0 bridgehead atoms. The molecule has 0 saturated carbocycles. The van der Waals surface area contributed by atoms with Crippen LogP contribution in [0, 0.1) is 0 Å². The van der Waals surface area contributed by atoms with Crippen molar-refractivity contribution in [1.29, 1.82) is 0 Å². The molecule has 53 heavy (non-hydrogen) atoms. The third kappa shape index (κ3) is 4.73. The molecule has 0 saturated heterocycles. The molecule has 4 heterocycles. The first-order valence-corrected chi connectivity index (χ1v) is 17.9. The Morgan fingerprint density at radius 2 is 0.906 bits per heavy atom. The van der Waals surface area contributed by atoms with Crippen molar-refractivity contribution in [2.45, 2.75) is 0 Å². The maximum Gasteiger partial charge on any atom is 0.136 e. The van der Waals surface area contributed by atoms with Gasteiger partial charge in [-0.3, -0.25) is 0 Å². The van der Waals surface area contributed by atoms with Crippen LogP contribution in [0.25, 0.3) is 110 Å². The van der Waals surface area contributed by atoms with Gasteiger partial charge in [-0.15, -0.1) is 0 Å². The summed E-state index contributed by atoms with van der Waals surface area (Å²) in [4.78, 5) is 15.6. The summed E-state index contributed by atoms with van der Waals surface area (Å²) in [5, 5.41) is 7.67. The number of furan rings is 1. The summed E-state index contributed by atoms with van der Waals surface area (Å²) in [5.74, 6) is 0. The van der Waals surface area contributed by atoms with Crippen LogP contribution >= 0.6 is 0 Å². The normalized spacial score (nSPS) is 11.8. The predicted molar refractivity (Wildman–Crippen MR) is 219 cm³/mol. The highest BCUT2D eigenvalue weighted by Crippen LogP contribution is 2.46. The van der Waals surface area contributed by atoms with Gasteiger partial charge in [0.2, 0.25) is 0 Å². The molecule has 7 aromatic carbocycles. The lowest BCUT2D eigenvalue weighted by atomic mass is 9.89. The van der Waals surface area contributed by atoms with E-state index < -0.39 is 0 Å². The molecule has 0 aliphatic rings. The van der Waals surface area contributed by atoms with Gasteiger partial charge < -0.3 is 4.42 Å². The summed E-state index contributed by atoms with van der Waals surface area (Å²) in [7, 11) is 0. The molecule has 0 aliphatic carbocycles. The topological polar surface area (TPSA) is 51.8 Å². The van der Waals surface area contributed by atoms with Gasteiger partial charge in [0.1, 0.15) is 11.2 Å². The van der Waals surface area contributed by atoms with Crippen LogP contribution in [0.1, 0.15) is 0 Å². The van der Waals surface area contributed by atoms with Crippen molar-refractivity contribution in [1.82, 2.24) is 15.0 Å². The fraction of sp³-hybridized carbons (Fsp3) is 0. The van der Waals surface area contributed by atoms with Gasteiger partial charge in [0.15, 0.2) is 0 Å². The summed E-state index contributed by atoms with van der Waals surface area (Å²) in [6.45, 7) is 0. The lowest BCUT2D eigenvalue weighted by Crippen LogP contribution is -1.93. The van der Waals surface area contributed by atoms with E-state index in [1.54, 1.807) is 0 Å². The van der Waals surface area contributed by atoms with Crippen LogP contribution in [0.4, 0.5) is 0 Å². The van der Waals surface area contributed by atoms with Crippen molar-refractivity contribution in [2.75, 3.05) is 0 Å². The molecule has 0 unspecified atom stereocenters. The molecule has 0 spiro atoms. The van der Waals surface area contributed by atoms with Crippen molar-refractivity contribution in [2.24, 2.45) is 0 Å². The standard InChI is InChI=1S/C49H29N3O/c1-3-11-30(12-4-1)39-27-25-34-23-24-35-26-28-40(51-49(35)48(34)50-39)31-19-21-32(22-20-31)44-45-36-15-7-9-17-41(36)52-47(33-13-5-2-6-14-33)38(45)29-43-46(44)37-16-8-10-18-42(37)53-43/h1-29H. The van der Waals surface area contributed by atoms with E-state index in [9.17, 15) is 0 Å². The summed E-state index contributed by atoms with van der Waals surface area (Å²) < 4.78 is 6.59. The fourth-order valence-corrected chi connectivity index (χ4v) is 7.93. The highest BCUT2D eigenvalue weighted by atomic mass is 16.3. The Morgan fingerprint density at radius 3 is 1.60 bits per heavy atom. The van der Waals surface area contributed by atoms with Crippen molar-refractivity contribution in [3.05, 3.63) is 176 Å². The van der Waals surface area contributed by atoms with Crippen LogP contribution in [0.2, 0.25) is 0 Å². The third-order valence-electron chi connectivity index (χ3n) is 10.4. The maximum absolute atomic E-state index is 6.59. The zero-order valence-electron chi connectivity index (χ0n) is 28.5. The summed E-state index contributed by atoms with van der Waals surface area (Å²) in [6.07, 6.45) is 0. The van der Waals surface area contributed by atoms with Crippen molar-refractivity contribution < 1.29 is 4.42 Å². The Balaban J connectivity index is 1.13. The number of fused-ring (bicyclic) bond motifs is 9. The number of hydrogen-bond donors (Lipinski definition) is 0. The summed E-state index contributed by atoms with van der Waals surface area (Å²) in [5.41, 5.74) is 12.7. The van der Waals surface area contributed by atoms with Gasteiger partial charge in [-0.1, -0.05) is 146 Å². The van der Waals surface area contributed by atoms with Gasteiger partial charge in [-0.25, -0.2) is 15.0 Å². The SMILES string of the molecule is c1ccc(-c2ccc3ccc4ccc(-c5ccc(-c6c7c(cc8c(-c9ccccc9)nc9ccccc9c68)oc6ccccc67)cc5)nc4c3n2)cc1. The smallest absolute Gasteiger partial charge is 0.136 e. The van der Waals surface area contributed by atoms with Crippen LogP contribution in [0.3, 0.4) is 0 Å². The zero-order valence-corrected chi connectivity index (χ0v) is 28.5. The Hall–Kier alpha value is -7.17. The van der Waals surface area contributed by atoms with E-state index in [1.807, 2.05) is 36.4 Å². The highest BCUT2D eigenvalue weighted by Gasteiger charge is 2.21. The van der Waals surface area contributed by atoms with E-state index >= 15 is 0 Å². The molecule has 4 heteroatoms. The molecular formula is C49H29N3O. The van der Waals surface area contributed by atoms with E-state index in [0.29, 0.717) is 0 Å². The lowest BCUT2D eigenvalue weighted by molar-refractivity contribution is 0.669. The first-order valence-electron chi connectivity index (χ1n) is 17.9. The minimum Gasteiger partial charge on any atom is -0.456 e. The second-order valence-electron chi connectivity index (χ2n) is 13.5. The Kier molecular flexibility index (Phi) is 6.52. The van der Waals surface area contributed by atoms with Crippen LogP contribution in [0.15, 0.2) is 180 Å². The minimum atomic E-state index is 0.845. The van der Waals surface area contributed by atoms with Gasteiger partial charge in [0.25, 0.3) is 0 Å². The molecule has 11 rings (SSSR count). The monoisotopic (exact) mass is 675 g/mol. The first-order chi connectivity index (χ1) is 26.3. The van der Waals surface area contributed by atoms with Crippen LogP contribution in [0.5, 0.6) is 0 Å². The van der Waals surface area contributed by atoms with Gasteiger partial charge in [0, 0.05) is 60.0 Å². The molecule has 0 radical (unpaired) electrons. The van der Waals surface area contributed by atoms with Gasteiger partial charge in [0.05, 0.1) is 33.6 Å².